The smallest absolute Gasteiger partial charge is 0.436 e. The van der Waals surface area contributed by atoms with Crippen molar-refractivity contribution in [3.8, 4) is 28.3 Å². The van der Waals surface area contributed by atoms with Crippen molar-refractivity contribution < 1.29 is 27.1 Å². The number of fused-ring (bicyclic) bond motifs is 1. The summed E-state index contributed by atoms with van der Waals surface area (Å²) < 4.78 is 48.7. The molecule has 38 heavy (non-hydrogen) atoms. The molecule has 1 N–H and O–H groups in total. The van der Waals surface area contributed by atoms with Gasteiger partial charge in [0.15, 0.2) is 5.58 Å². The van der Waals surface area contributed by atoms with Crippen molar-refractivity contribution in [3.63, 3.8) is 0 Å². The first-order valence-electron chi connectivity index (χ1n) is 11.8. The molecule has 5 rings (SSSR count). The van der Waals surface area contributed by atoms with Gasteiger partial charge in [0.25, 0.3) is 5.91 Å². The number of rotatable bonds is 5. The fourth-order valence-electron chi connectivity index (χ4n) is 4.40. The normalized spacial score (nSPS) is 11.5. The number of ether oxygens (including phenoxy) is 1. The lowest BCUT2D eigenvalue weighted by Gasteiger charge is -2.14. The molecule has 192 valence electrons. The highest BCUT2D eigenvalue weighted by atomic mass is 19.4. The number of aromatic nitrogens is 1. The van der Waals surface area contributed by atoms with Gasteiger partial charge in [0.05, 0.1) is 5.56 Å². The third-order valence-electron chi connectivity index (χ3n) is 5.94. The third kappa shape index (κ3) is 5.39. The number of alkyl halides is 3. The number of hydrogen-bond acceptors (Lipinski definition) is 4. The minimum absolute atomic E-state index is 0.248. The Hall–Kier alpha value is -4.59. The van der Waals surface area contributed by atoms with E-state index >= 15 is 0 Å². The van der Waals surface area contributed by atoms with Crippen LogP contribution in [0.5, 0.6) is 5.75 Å². The van der Waals surface area contributed by atoms with Gasteiger partial charge < -0.3 is 14.5 Å². The average Bonchev–Trinajstić information content (AvgIpc) is 3.26. The molecule has 0 aliphatic carbocycles. The molecule has 4 aromatic carbocycles. The summed E-state index contributed by atoms with van der Waals surface area (Å²) in [7, 11) is 0. The summed E-state index contributed by atoms with van der Waals surface area (Å²) in [5.74, 6) is -0.973. The summed E-state index contributed by atoms with van der Waals surface area (Å²) >= 11 is 0. The van der Waals surface area contributed by atoms with Crippen LogP contribution >= 0.6 is 0 Å². The van der Waals surface area contributed by atoms with Gasteiger partial charge in [-0.2, -0.15) is 0 Å². The van der Waals surface area contributed by atoms with Crippen LogP contribution in [0.2, 0.25) is 0 Å². The fraction of sp³-hybridized carbons (Fsp3) is 0.133. The van der Waals surface area contributed by atoms with E-state index in [1.165, 1.54) is 18.2 Å². The van der Waals surface area contributed by atoms with Gasteiger partial charge in [-0.05, 0) is 73.9 Å². The van der Waals surface area contributed by atoms with Gasteiger partial charge in [-0.1, -0.05) is 53.6 Å². The molecule has 0 spiro atoms. The Kier molecular flexibility index (Phi) is 6.40. The first kappa shape index (κ1) is 25.1. The number of carbonyl (C=O) groups is 1. The van der Waals surface area contributed by atoms with E-state index in [-0.39, 0.29) is 5.56 Å². The zero-order chi connectivity index (χ0) is 27.0. The standard InChI is InChI=1S/C30H23F3N2O3/c1-17-8-11-27-25(15-17)35-29(37-27)24-16-21(9-10-22(24)20-13-18(2)12-19(3)14-20)34-28(36)23-6-4-5-7-26(23)38-30(31,32)33/h4-16H,1-3H3,(H,34,36). The van der Waals surface area contributed by atoms with Crippen molar-refractivity contribution >= 4 is 22.7 Å². The lowest BCUT2D eigenvalue weighted by Crippen LogP contribution is -2.20. The van der Waals surface area contributed by atoms with Gasteiger partial charge in [0, 0.05) is 11.3 Å². The Morgan fingerprint density at radius 1 is 0.842 bits per heavy atom. The Morgan fingerprint density at radius 2 is 1.58 bits per heavy atom. The van der Waals surface area contributed by atoms with Crippen LogP contribution in [0, 0.1) is 20.8 Å². The molecule has 0 radical (unpaired) electrons. The maximum Gasteiger partial charge on any atom is 0.573 e. The Labute approximate surface area is 216 Å². The SMILES string of the molecule is Cc1cc(C)cc(-c2ccc(NC(=O)c3ccccc3OC(F)(F)F)cc2-c2nc3cc(C)ccc3o2)c1. The molecule has 0 bridgehead atoms. The van der Waals surface area contributed by atoms with Crippen LogP contribution in [0.25, 0.3) is 33.7 Å². The van der Waals surface area contributed by atoms with E-state index in [0.717, 1.165) is 33.9 Å². The third-order valence-corrected chi connectivity index (χ3v) is 5.94. The maximum atomic E-state index is 13.0. The summed E-state index contributed by atoms with van der Waals surface area (Å²) in [5.41, 5.74) is 7.02. The number of benzene rings is 4. The Morgan fingerprint density at radius 3 is 2.32 bits per heavy atom. The second-order valence-corrected chi connectivity index (χ2v) is 9.13. The van der Waals surface area contributed by atoms with Crippen LogP contribution in [0.3, 0.4) is 0 Å². The quantitative estimate of drug-likeness (QED) is 0.256. The minimum Gasteiger partial charge on any atom is -0.436 e. The van der Waals surface area contributed by atoms with E-state index in [9.17, 15) is 18.0 Å². The van der Waals surface area contributed by atoms with Crippen LogP contribution in [0.1, 0.15) is 27.0 Å². The summed E-state index contributed by atoms with van der Waals surface area (Å²) in [6.45, 7) is 5.98. The predicted molar refractivity (Wildman–Crippen MR) is 140 cm³/mol. The van der Waals surface area contributed by atoms with Gasteiger partial charge in [-0.25, -0.2) is 4.98 Å². The molecule has 0 atom stereocenters. The number of carbonyl (C=O) groups excluding carboxylic acids is 1. The lowest BCUT2D eigenvalue weighted by molar-refractivity contribution is -0.274. The lowest BCUT2D eigenvalue weighted by atomic mass is 9.96. The first-order valence-corrected chi connectivity index (χ1v) is 11.8. The van der Waals surface area contributed by atoms with Gasteiger partial charge in [0.2, 0.25) is 5.89 Å². The molecule has 1 amide bonds. The van der Waals surface area contributed by atoms with Crippen molar-refractivity contribution in [2.75, 3.05) is 5.32 Å². The average molecular weight is 517 g/mol. The summed E-state index contributed by atoms with van der Waals surface area (Å²) in [4.78, 5) is 17.7. The highest BCUT2D eigenvalue weighted by molar-refractivity contribution is 6.06. The molecule has 0 aliphatic rings. The second-order valence-electron chi connectivity index (χ2n) is 9.13. The highest BCUT2D eigenvalue weighted by Crippen LogP contribution is 2.37. The van der Waals surface area contributed by atoms with E-state index in [4.69, 9.17) is 4.42 Å². The Bertz CT molecular complexity index is 1650. The van der Waals surface area contributed by atoms with E-state index < -0.39 is 18.0 Å². The number of para-hydroxylation sites is 1. The summed E-state index contributed by atoms with van der Waals surface area (Å²) in [6.07, 6.45) is -4.93. The van der Waals surface area contributed by atoms with Crippen LogP contribution in [-0.4, -0.2) is 17.3 Å². The molecule has 5 aromatic rings. The van der Waals surface area contributed by atoms with E-state index in [1.54, 1.807) is 12.1 Å². The topological polar surface area (TPSA) is 64.4 Å². The number of nitrogens with one attached hydrogen (secondary N) is 1. The molecule has 0 saturated heterocycles. The number of hydrogen-bond donors (Lipinski definition) is 1. The number of halogens is 3. The predicted octanol–water partition coefficient (Wildman–Crippen LogP) is 8.24. The van der Waals surface area contributed by atoms with Crippen LogP contribution in [0.15, 0.2) is 83.3 Å². The monoisotopic (exact) mass is 516 g/mol. The van der Waals surface area contributed by atoms with Crippen molar-refractivity contribution in [2.24, 2.45) is 0 Å². The number of nitrogens with zero attached hydrogens (tertiary/aromatic N) is 1. The van der Waals surface area contributed by atoms with Gasteiger partial charge >= 0.3 is 6.36 Å². The number of amides is 1. The van der Waals surface area contributed by atoms with Gasteiger partial charge in [-0.3, -0.25) is 4.79 Å². The van der Waals surface area contributed by atoms with E-state index in [0.29, 0.717) is 28.2 Å². The first-order chi connectivity index (χ1) is 18.1. The zero-order valence-electron chi connectivity index (χ0n) is 20.8. The fourth-order valence-corrected chi connectivity index (χ4v) is 4.40. The molecule has 0 unspecified atom stereocenters. The number of oxazole rings is 1. The van der Waals surface area contributed by atoms with Crippen LogP contribution in [0.4, 0.5) is 18.9 Å². The van der Waals surface area contributed by atoms with Crippen molar-refractivity contribution in [2.45, 2.75) is 27.1 Å². The van der Waals surface area contributed by atoms with Crippen molar-refractivity contribution in [3.05, 3.63) is 101 Å². The number of aryl methyl sites for hydroxylation is 3. The molecule has 1 aromatic heterocycles. The maximum absolute atomic E-state index is 13.0. The number of anilines is 1. The van der Waals surface area contributed by atoms with Crippen LogP contribution in [-0.2, 0) is 0 Å². The van der Waals surface area contributed by atoms with Gasteiger partial charge in [0.1, 0.15) is 11.3 Å². The van der Waals surface area contributed by atoms with Crippen molar-refractivity contribution in [1.82, 2.24) is 4.98 Å². The van der Waals surface area contributed by atoms with Gasteiger partial charge in [-0.15, -0.1) is 13.2 Å². The summed E-state index contributed by atoms with van der Waals surface area (Å²) in [6, 6.07) is 22.3. The summed E-state index contributed by atoms with van der Waals surface area (Å²) in [5, 5.41) is 2.68. The molecule has 8 heteroatoms. The largest absolute Gasteiger partial charge is 0.573 e. The van der Waals surface area contributed by atoms with E-state index in [1.807, 2.05) is 57.2 Å². The second kappa shape index (κ2) is 9.70. The Balaban J connectivity index is 1.58. The van der Waals surface area contributed by atoms with Crippen LogP contribution < -0.4 is 10.1 Å². The molecular formula is C30H23F3N2O3. The molecule has 1 heterocycles. The van der Waals surface area contributed by atoms with Crippen molar-refractivity contribution in [1.29, 1.82) is 0 Å². The highest BCUT2D eigenvalue weighted by Gasteiger charge is 2.33. The minimum atomic E-state index is -4.93. The molecule has 0 fully saturated rings. The van der Waals surface area contributed by atoms with E-state index in [2.05, 4.69) is 21.1 Å². The molecule has 5 nitrogen and oxygen atoms in total. The molecule has 0 aliphatic heterocycles. The zero-order valence-corrected chi connectivity index (χ0v) is 20.8. The molecule has 0 saturated carbocycles. The molecular weight excluding hydrogens is 493 g/mol.